The van der Waals surface area contributed by atoms with Gasteiger partial charge < -0.3 is 9.30 Å². The first-order chi connectivity index (χ1) is 17.0. The predicted octanol–water partition coefficient (Wildman–Crippen LogP) is 4.42. The van der Waals surface area contributed by atoms with Crippen LogP contribution in [0, 0.1) is 13.8 Å². The van der Waals surface area contributed by atoms with Crippen molar-refractivity contribution in [3.63, 3.8) is 0 Å². The van der Waals surface area contributed by atoms with E-state index in [9.17, 15) is 0 Å². The molecule has 0 radical (unpaired) electrons. The molecule has 3 aromatic heterocycles. The summed E-state index contributed by atoms with van der Waals surface area (Å²) >= 11 is 0. The molecule has 1 atom stereocenters. The average Bonchev–Trinajstić information content (AvgIpc) is 3.49. The van der Waals surface area contributed by atoms with Crippen molar-refractivity contribution in [1.82, 2.24) is 35.2 Å². The van der Waals surface area contributed by atoms with Crippen LogP contribution in [0.25, 0.3) is 11.2 Å². The van der Waals surface area contributed by atoms with E-state index >= 15 is 0 Å². The summed E-state index contributed by atoms with van der Waals surface area (Å²) in [5.41, 5.74) is 7.83. The lowest BCUT2D eigenvalue weighted by atomic mass is 9.73. The average molecular weight is 466 g/mol. The minimum Gasteiger partial charge on any atom is -0.489 e. The van der Waals surface area contributed by atoms with E-state index in [0.717, 1.165) is 62.7 Å². The molecule has 1 aliphatic heterocycles. The van der Waals surface area contributed by atoms with Crippen LogP contribution in [0.1, 0.15) is 59.0 Å². The third kappa shape index (κ3) is 3.31. The monoisotopic (exact) mass is 465 g/mol. The third-order valence-corrected chi connectivity index (χ3v) is 7.07. The summed E-state index contributed by atoms with van der Waals surface area (Å²) in [7, 11) is 0. The molecule has 5 aromatic rings. The van der Waals surface area contributed by atoms with E-state index < -0.39 is 5.41 Å². The normalized spacial score (nSPS) is 17.0. The molecule has 8 heteroatoms. The molecule has 0 fully saturated rings. The van der Waals surface area contributed by atoms with Gasteiger partial charge in [-0.25, -0.2) is 9.97 Å². The van der Waals surface area contributed by atoms with Crippen LogP contribution in [0.4, 0.5) is 0 Å². The van der Waals surface area contributed by atoms with Crippen molar-refractivity contribution in [2.75, 3.05) is 0 Å². The van der Waals surface area contributed by atoms with E-state index in [4.69, 9.17) is 14.7 Å². The number of nitrogens with zero attached hydrogens (tertiary/aromatic N) is 6. The second-order valence-electron chi connectivity index (χ2n) is 9.36. The fourth-order valence-corrected chi connectivity index (χ4v) is 5.31. The fraction of sp³-hybridized carbons (Fsp3) is 0.296. The topological polar surface area (TPSA) is 94.4 Å². The summed E-state index contributed by atoms with van der Waals surface area (Å²) in [6.45, 7) is 9.54. The number of aryl methyl sites for hydroxylation is 3. The van der Waals surface area contributed by atoms with Crippen molar-refractivity contribution >= 4 is 11.2 Å². The Balaban J connectivity index is 1.48. The van der Waals surface area contributed by atoms with Crippen LogP contribution in [0.2, 0.25) is 0 Å². The summed E-state index contributed by atoms with van der Waals surface area (Å²) in [5.74, 6) is 2.48. The molecule has 6 rings (SSSR count). The Morgan fingerprint density at radius 3 is 2.71 bits per heavy atom. The van der Waals surface area contributed by atoms with E-state index in [0.29, 0.717) is 19.0 Å². The molecule has 176 valence electrons. The summed E-state index contributed by atoms with van der Waals surface area (Å²) in [5, 5.41) is 15.2. The Morgan fingerprint density at radius 1 is 1.06 bits per heavy atom. The second-order valence-corrected chi connectivity index (χ2v) is 9.36. The molecule has 0 saturated heterocycles. The van der Waals surface area contributed by atoms with Gasteiger partial charge in [-0.05, 0) is 55.2 Å². The van der Waals surface area contributed by atoms with Crippen LogP contribution in [0.3, 0.4) is 0 Å². The lowest BCUT2D eigenvalue weighted by Gasteiger charge is -2.28. The van der Waals surface area contributed by atoms with Gasteiger partial charge in [0.2, 0.25) is 0 Å². The molecule has 1 unspecified atom stereocenters. The van der Waals surface area contributed by atoms with Crippen LogP contribution in [-0.4, -0.2) is 35.2 Å². The minimum absolute atomic E-state index is 0.480. The molecule has 1 N–H and O–H groups in total. The van der Waals surface area contributed by atoms with E-state index in [1.165, 1.54) is 0 Å². The first-order valence-corrected chi connectivity index (χ1v) is 11.9. The quantitative estimate of drug-likeness (QED) is 0.422. The second kappa shape index (κ2) is 8.01. The van der Waals surface area contributed by atoms with Gasteiger partial charge in [0.05, 0.1) is 12.0 Å². The number of hydrogen-bond acceptors (Lipinski definition) is 6. The van der Waals surface area contributed by atoms with Crippen molar-refractivity contribution in [2.24, 2.45) is 0 Å². The zero-order valence-corrected chi connectivity index (χ0v) is 20.3. The van der Waals surface area contributed by atoms with E-state index in [1.807, 2.05) is 19.1 Å². The van der Waals surface area contributed by atoms with Gasteiger partial charge >= 0.3 is 0 Å². The minimum atomic E-state index is -0.597. The summed E-state index contributed by atoms with van der Waals surface area (Å²) in [6.07, 6.45) is 0.835. The largest absolute Gasteiger partial charge is 0.489 e. The molecule has 4 heterocycles. The number of nitrogens with one attached hydrogen (secondary N) is 1. The number of ether oxygens (including phenoxy) is 1. The lowest BCUT2D eigenvalue weighted by Crippen LogP contribution is -2.27. The van der Waals surface area contributed by atoms with Crippen LogP contribution in [0.15, 0.2) is 48.5 Å². The number of rotatable bonds is 4. The number of fused-ring (bicyclic) bond motifs is 3. The Morgan fingerprint density at radius 2 is 1.91 bits per heavy atom. The zero-order chi connectivity index (χ0) is 24.2. The Kier molecular flexibility index (Phi) is 4.91. The Hall–Kier alpha value is -4.07. The first-order valence-electron chi connectivity index (χ1n) is 11.9. The van der Waals surface area contributed by atoms with Crippen molar-refractivity contribution in [3.8, 4) is 5.75 Å². The molecule has 8 nitrogen and oxygen atoms in total. The fourth-order valence-electron chi connectivity index (χ4n) is 5.31. The van der Waals surface area contributed by atoms with Crippen LogP contribution in [0.5, 0.6) is 5.75 Å². The highest BCUT2D eigenvalue weighted by Crippen LogP contribution is 2.45. The van der Waals surface area contributed by atoms with Crippen molar-refractivity contribution in [1.29, 1.82) is 0 Å². The number of imidazole rings is 1. The zero-order valence-electron chi connectivity index (χ0n) is 20.3. The summed E-state index contributed by atoms with van der Waals surface area (Å²) in [4.78, 5) is 9.73. The molecule has 0 aliphatic carbocycles. The third-order valence-electron chi connectivity index (χ3n) is 7.07. The van der Waals surface area contributed by atoms with E-state index in [1.54, 1.807) is 0 Å². The molecular weight excluding hydrogens is 438 g/mol. The molecular formula is C27H27N7O. The molecule has 1 aliphatic rings. The van der Waals surface area contributed by atoms with Gasteiger partial charge in [0.25, 0.3) is 0 Å². The lowest BCUT2D eigenvalue weighted by molar-refractivity contribution is 0.306. The molecule has 35 heavy (non-hydrogen) atoms. The maximum Gasteiger partial charge on any atom is 0.189 e. The Labute approximate surface area is 203 Å². The maximum atomic E-state index is 6.38. The van der Waals surface area contributed by atoms with Crippen LogP contribution in [-0.2, 0) is 25.0 Å². The first kappa shape index (κ1) is 21.5. The SMILES string of the molecule is CCc1nc2c(C)cc(C)nc2n1Cc1ccc2c(c1)OCc1ccccc1C2(C)c1nn[nH]n1. The highest BCUT2D eigenvalue weighted by atomic mass is 16.5. The van der Waals surface area contributed by atoms with E-state index in [2.05, 4.69) is 82.4 Å². The molecule has 2 aromatic carbocycles. The Bertz CT molecular complexity index is 1550. The van der Waals surface area contributed by atoms with Crippen LogP contribution >= 0.6 is 0 Å². The molecule has 0 saturated carbocycles. The number of hydrogen-bond donors (Lipinski definition) is 1. The van der Waals surface area contributed by atoms with Gasteiger partial charge in [-0.3, -0.25) is 0 Å². The molecule has 0 spiro atoms. The van der Waals surface area contributed by atoms with Crippen molar-refractivity contribution in [3.05, 3.63) is 93.7 Å². The predicted molar refractivity (Wildman–Crippen MR) is 132 cm³/mol. The summed E-state index contributed by atoms with van der Waals surface area (Å²) in [6, 6.07) is 16.8. The highest BCUT2D eigenvalue weighted by Gasteiger charge is 2.41. The van der Waals surface area contributed by atoms with Gasteiger partial charge in [-0.15, -0.1) is 10.2 Å². The van der Waals surface area contributed by atoms with Gasteiger partial charge in [-0.2, -0.15) is 5.21 Å². The molecule has 0 bridgehead atoms. The maximum absolute atomic E-state index is 6.38. The van der Waals surface area contributed by atoms with Gasteiger partial charge in [0.15, 0.2) is 11.5 Å². The van der Waals surface area contributed by atoms with E-state index in [-0.39, 0.29) is 0 Å². The smallest absolute Gasteiger partial charge is 0.189 e. The summed E-state index contributed by atoms with van der Waals surface area (Å²) < 4.78 is 8.61. The van der Waals surface area contributed by atoms with Crippen molar-refractivity contribution < 1.29 is 4.74 Å². The highest BCUT2D eigenvalue weighted by molar-refractivity contribution is 5.76. The van der Waals surface area contributed by atoms with Crippen molar-refractivity contribution in [2.45, 2.75) is 52.7 Å². The number of benzene rings is 2. The number of H-pyrrole nitrogens is 1. The van der Waals surface area contributed by atoms with Gasteiger partial charge in [0.1, 0.15) is 23.7 Å². The number of aromatic amines is 1. The number of pyridine rings is 1. The molecule has 0 amide bonds. The number of tetrazole rings is 1. The van der Waals surface area contributed by atoms with Gasteiger partial charge in [0, 0.05) is 17.7 Å². The van der Waals surface area contributed by atoms with Gasteiger partial charge in [-0.1, -0.05) is 48.5 Å². The van der Waals surface area contributed by atoms with Crippen LogP contribution < -0.4 is 4.74 Å². The number of aromatic nitrogens is 7. The standard InChI is InChI=1S/C27H27N7O/c1-5-23-29-24-16(2)12-17(3)28-25(24)34(23)14-18-10-11-21-22(13-18)35-15-19-8-6-7-9-20(19)27(21,4)26-30-32-33-31-26/h6-13H,5,14-15H2,1-4H3,(H,30,31,32,33).